The minimum absolute atomic E-state index is 0.0133. The first-order valence-corrected chi connectivity index (χ1v) is 9.68. The summed E-state index contributed by atoms with van der Waals surface area (Å²) >= 11 is 0. The number of piperidine rings is 1. The number of amides is 2. The van der Waals surface area contributed by atoms with Gasteiger partial charge in [0.15, 0.2) is 0 Å². The Labute approximate surface area is 165 Å². The van der Waals surface area contributed by atoms with Gasteiger partial charge < -0.3 is 19.5 Å². The summed E-state index contributed by atoms with van der Waals surface area (Å²) in [5.41, 5.74) is 2.14. The zero-order valence-electron chi connectivity index (χ0n) is 16.5. The maximum Gasteiger partial charge on any atom is 0.225 e. The molecule has 0 bridgehead atoms. The van der Waals surface area contributed by atoms with Crippen LogP contribution in [0.2, 0.25) is 0 Å². The van der Waals surface area contributed by atoms with Gasteiger partial charge in [0.2, 0.25) is 11.8 Å². The van der Waals surface area contributed by atoms with Crippen molar-refractivity contribution in [3.05, 3.63) is 54.1 Å². The number of likely N-dealkylation sites (tertiary alicyclic amines) is 1. The van der Waals surface area contributed by atoms with Gasteiger partial charge in [0.05, 0.1) is 24.9 Å². The van der Waals surface area contributed by atoms with E-state index >= 15 is 0 Å². The number of carbonyl (C=O) groups is 2. The first kappa shape index (κ1) is 20.1. The number of benzene rings is 1. The van der Waals surface area contributed by atoms with Gasteiger partial charge in [-0.25, -0.2) is 4.98 Å². The zero-order valence-corrected chi connectivity index (χ0v) is 16.5. The minimum Gasteiger partial charge on any atom is -0.383 e. The van der Waals surface area contributed by atoms with E-state index in [0.29, 0.717) is 39.1 Å². The molecule has 0 unspecified atom stereocenters. The van der Waals surface area contributed by atoms with Crippen molar-refractivity contribution in [1.29, 1.82) is 0 Å². The van der Waals surface area contributed by atoms with Crippen LogP contribution >= 0.6 is 0 Å². The third kappa shape index (κ3) is 4.78. The predicted octanol–water partition coefficient (Wildman–Crippen LogP) is 1.93. The highest BCUT2D eigenvalue weighted by Crippen LogP contribution is 2.36. The number of hydrogen-bond acceptors (Lipinski definition) is 4. The monoisotopic (exact) mass is 384 g/mol. The quantitative estimate of drug-likeness (QED) is 0.755. The Morgan fingerprint density at radius 2 is 2.07 bits per heavy atom. The van der Waals surface area contributed by atoms with E-state index in [-0.39, 0.29) is 23.8 Å². The van der Waals surface area contributed by atoms with Crippen molar-refractivity contribution in [2.24, 2.45) is 5.92 Å². The van der Waals surface area contributed by atoms with E-state index in [9.17, 15) is 9.59 Å². The van der Waals surface area contributed by atoms with E-state index in [0.717, 1.165) is 11.1 Å². The molecule has 2 aromatic rings. The molecule has 0 aliphatic carbocycles. The second-order valence-electron chi connectivity index (χ2n) is 7.17. The number of ether oxygens (including phenoxy) is 1. The molecule has 3 rings (SSSR count). The summed E-state index contributed by atoms with van der Waals surface area (Å²) in [7, 11) is 1.62. The van der Waals surface area contributed by atoms with Crippen LogP contribution in [0.4, 0.5) is 0 Å². The molecule has 7 nitrogen and oxygen atoms in total. The highest BCUT2D eigenvalue weighted by molar-refractivity contribution is 5.85. The number of aromatic nitrogens is 2. The fraction of sp³-hybridized carbons (Fsp3) is 0.476. The largest absolute Gasteiger partial charge is 0.383 e. The normalized spacial score (nSPS) is 19.6. The number of hydrogen-bond donors (Lipinski definition) is 1. The highest BCUT2D eigenvalue weighted by Gasteiger charge is 2.40. The van der Waals surface area contributed by atoms with Gasteiger partial charge in [-0.15, -0.1) is 0 Å². The average molecular weight is 384 g/mol. The summed E-state index contributed by atoms with van der Waals surface area (Å²) in [4.78, 5) is 31.4. The van der Waals surface area contributed by atoms with E-state index in [4.69, 9.17) is 4.74 Å². The number of aryl methyl sites for hydroxylation is 1. The molecule has 2 amide bonds. The van der Waals surface area contributed by atoms with Crippen LogP contribution in [0.3, 0.4) is 0 Å². The van der Waals surface area contributed by atoms with Crippen LogP contribution in [0.15, 0.2) is 43.0 Å². The van der Waals surface area contributed by atoms with Crippen LogP contribution in [-0.2, 0) is 20.9 Å². The lowest BCUT2D eigenvalue weighted by Gasteiger charge is -2.40. The molecule has 1 aliphatic heterocycles. The molecule has 1 aromatic heterocycles. The molecule has 1 N–H and O–H groups in total. The van der Waals surface area contributed by atoms with Gasteiger partial charge in [-0.2, -0.15) is 0 Å². The van der Waals surface area contributed by atoms with Crippen molar-refractivity contribution >= 4 is 11.8 Å². The molecule has 2 atom stereocenters. The molecular weight excluding hydrogens is 356 g/mol. The molecule has 7 heteroatoms. The van der Waals surface area contributed by atoms with E-state index in [2.05, 4.69) is 10.3 Å². The molecule has 150 valence electrons. The standard InChI is InChI=1S/C21H28N4O3/c1-16-3-5-17(6-4-16)20-18(7-8-19(26)25(20)13-14-28-2)21(27)23-10-12-24-11-9-22-15-24/h3-6,9,11,15,18,20H,7-8,10,12-14H2,1-2H3,(H,23,27)/t18-,20-/m1/s1. The highest BCUT2D eigenvalue weighted by atomic mass is 16.5. The van der Waals surface area contributed by atoms with Gasteiger partial charge in [0.25, 0.3) is 0 Å². The topological polar surface area (TPSA) is 76.5 Å². The number of nitrogens with zero attached hydrogens (tertiary/aromatic N) is 3. The summed E-state index contributed by atoms with van der Waals surface area (Å²) in [5.74, 6) is -0.217. The van der Waals surface area contributed by atoms with Crippen LogP contribution in [0, 0.1) is 12.8 Å². The van der Waals surface area contributed by atoms with Gasteiger partial charge in [-0.05, 0) is 18.9 Å². The van der Waals surface area contributed by atoms with Gasteiger partial charge in [0.1, 0.15) is 0 Å². The number of rotatable bonds is 8. The maximum absolute atomic E-state index is 13.0. The minimum atomic E-state index is -0.278. The molecule has 1 fully saturated rings. The smallest absolute Gasteiger partial charge is 0.225 e. The summed E-state index contributed by atoms with van der Waals surface area (Å²) in [6.07, 6.45) is 6.25. The molecule has 1 aromatic carbocycles. The van der Waals surface area contributed by atoms with Gasteiger partial charge in [-0.1, -0.05) is 29.8 Å². The molecule has 1 saturated heterocycles. The van der Waals surface area contributed by atoms with Crippen LogP contribution in [-0.4, -0.2) is 53.1 Å². The van der Waals surface area contributed by atoms with Gasteiger partial charge in [0, 0.05) is 45.6 Å². The SMILES string of the molecule is COCCN1C(=O)CC[C@@H](C(=O)NCCn2ccnc2)[C@H]1c1ccc(C)cc1. The van der Waals surface area contributed by atoms with Crippen molar-refractivity contribution in [3.8, 4) is 0 Å². The predicted molar refractivity (Wildman–Crippen MR) is 105 cm³/mol. The van der Waals surface area contributed by atoms with Crippen LogP contribution in [0.5, 0.6) is 0 Å². The maximum atomic E-state index is 13.0. The molecule has 0 saturated carbocycles. The Morgan fingerprint density at radius 3 is 2.75 bits per heavy atom. The molecule has 0 radical (unpaired) electrons. The second-order valence-corrected chi connectivity index (χ2v) is 7.17. The third-order valence-electron chi connectivity index (χ3n) is 5.23. The summed E-state index contributed by atoms with van der Waals surface area (Å²) in [5, 5.41) is 3.04. The van der Waals surface area contributed by atoms with Crippen LogP contribution in [0.25, 0.3) is 0 Å². The Morgan fingerprint density at radius 1 is 1.29 bits per heavy atom. The molecule has 28 heavy (non-hydrogen) atoms. The van der Waals surface area contributed by atoms with Gasteiger partial charge >= 0.3 is 0 Å². The second kappa shape index (κ2) is 9.50. The van der Waals surface area contributed by atoms with E-state index < -0.39 is 0 Å². The van der Waals surface area contributed by atoms with E-state index in [1.165, 1.54) is 0 Å². The molecule has 1 aliphatic rings. The van der Waals surface area contributed by atoms with Crippen molar-refractivity contribution in [3.63, 3.8) is 0 Å². The Bertz CT molecular complexity index is 773. The van der Waals surface area contributed by atoms with Gasteiger partial charge in [-0.3, -0.25) is 9.59 Å². The first-order chi connectivity index (χ1) is 13.6. The van der Waals surface area contributed by atoms with Crippen molar-refractivity contribution in [2.75, 3.05) is 26.8 Å². The molecular formula is C21H28N4O3. The third-order valence-corrected chi connectivity index (χ3v) is 5.23. The Balaban J connectivity index is 1.76. The number of carbonyl (C=O) groups excluding carboxylic acids is 2. The summed E-state index contributed by atoms with van der Waals surface area (Å²) in [6.45, 7) is 4.15. The van der Waals surface area contributed by atoms with Crippen molar-refractivity contribution in [2.45, 2.75) is 32.4 Å². The van der Waals surface area contributed by atoms with Crippen LogP contribution < -0.4 is 5.32 Å². The van der Waals surface area contributed by atoms with Crippen molar-refractivity contribution in [1.82, 2.24) is 19.8 Å². The summed E-state index contributed by atoms with van der Waals surface area (Å²) in [6, 6.07) is 7.81. The number of methoxy groups -OCH3 is 1. The number of nitrogens with one attached hydrogen (secondary N) is 1. The fourth-order valence-electron chi connectivity index (χ4n) is 3.71. The zero-order chi connectivity index (χ0) is 19.9. The van der Waals surface area contributed by atoms with Crippen LogP contribution in [0.1, 0.15) is 30.0 Å². The fourth-order valence-corrected chi connectivity index (χ4v) is 3.71. The molecule has 2 heterocycles. The lowest BCUT2D eigenvalue weighted by atomic mass is 9.83. The van der Waals surface area contributed by atoms with E-state index in [1.807, 2.05) is 42.0 Å². The van der Waals surface area contributed by atoms with Crippen molar-refractivity contribution < 1.29 is 14.3 Å². The lowest BCUT2D eigenvalue weighted by molar-refractivity contribution is -0.144. The lowest BCUT2D eigenvalue weighted by Crippen LogP contribution is -2.49. The summed E-state index contributed by atoms with van der Waals surface area (Å²) < 4.78 is 7.12. The number of imidazole rings is 1. The molecule has 0 spiro atoms. The Kier molecular flexibility index (Phi) is 6.81. The van der Waals surface area contributed by atoms with E-state index in [1.54, 1.807) is 24.5 Å². The Hall–Kier alpha value is -2.67. The average Bonchev–Trinajstić information content (AvgIpc) is 3.21. The first-order valence-electron chi connectivity index (χ1n) is 9.68.